The number of carbonyl (C=O) groups excluding carboxylic acids is 1. The molecule has 1 aliphatic rings. The number of nitrogens with zero attached hydrogens (tertiary/aromatic N) is 4. The van der Waals surface area contributed by atoms with Crippen molar-refractivity contribution in [3.8, 4) is 28.5 Å². The first kappa shape index (κ1) is 29.1. The smallest absolute Gasteiger partial charge is 0.434 e. The molecule has 4 rings (SSSR count). The maximum Gasteiger partial charge on any atom is 0.434 e. The molecule has 0 spiro atoms. The molecule has 7 nitrogen and oxygen atoms in total. The lowest BCUT2D eigenvalue weighted by molar-refractivity contribution is -0.141. The molecule has 3 aromatic heterocycles. The average molecular weight is 563 g/mol. The Morgan fingerprint density at radius 1 is 1.21 bits per heavy atom. The van der Waals surface area contributed by atoms with E-state index in [0.717, 1.165) is 35.1 Å². The van der Waals surface area contributed by atoms with E-state index in [1.54, 1.807) is 42.4 Å². The normalized spacial score (nSPS) is 17.3. The number of hydrogen-bond donors (Lipinski definition) is 0. The van der Waals surface area contributed by atoms with Crippen LogP contribution in [0.25, 0.3) is 22.6 Å². The summed E-state index contributed by atoms with van der Waals surface area (Å²) < 4.78 is 52.7. The van der Waals surface area contributed by atoms with Gasteiger partial charge in [-0.2, -0.15) is 24.9 Å². The lowest BCUT2D eigenvalue weighted by Crippen LogP contribution is -2.32. The molecule has 2 atom stereocenters. The summed E-state index contributed by atoms with van der Waals surface area (Å²) in [6.07, 6.45) is 2.48. The Labute approximate surface area is 230 Å². The number of pyridine rings is 2. The van der Waals surface area contributed by atoms with Gasteiger partial charge in [0.1, 0.15) is 24.8 Å². The molecule has 3 heterocycles. The van der Waals surface area contributed by atoms with Crippen molar-refractivity contribution in [2.24, 2.45) is 17.3 Å². The van der Waals surface area contributed by atoms with Crippen LogP contribution < -0.4 is 4.74 Å². The van der Waals surface area contributed by atoms with Gasteiger partial charge in [-0.3, -0.25) is 9.78 Å². The topological polar surface area (TPSA) is 79.1 Å². The van der Waals surface area contributed by atoms with Gasteiger partial charge in [0.05, 0.1) is 12.0 Å². The summed E-state index contributed by atoms with van der Waals surface area (Å²) >= 11 is 1.59. The van der Waals surface area contributed by atoms with Crippen molar-refractivity contribution in [2.45, 2.75) is 47.0 Å². The number of hydrogen-bond acceptors (Lipinski definition) is 7. The zero-order valence-electron chi connectivity index (χ0n) is 22.7. The summed E-state index contributed by atoms with van der Waals surface area (Å²) in [5, 5.41) is 0. The highest BCUT2D eigenvalue weighted by Gasteiger charge is 2.45. The van der Waals surface area contributed by atoms with Crippen molar-refractivity contribution in [1.29, 1.82) is 0 Å². The van der Waals surface area contributed by atoms with Gasteiger partial charge in [-0.25, -0.2) is 9.97 Å². The van der Waals surface area contributed by atoms with Crippen molar-refractivity contribution in [3.63, 3.8) is 0 Å². The van der Waals surface area contributed by atoms with Gasteiger partial charge in [0.2, 0.25) is 5.88 Å². The maximum atomic E-state index is 13.3. The molecular formula is C28H33F3N4O3S. The summed E-state index contributed by atoms with van der Waals surface area (Å²) in [6.45, 7) is 8.38. The number of alkyl halides is 3. The van der Waals surface area contributed by atoms with Gasteiger partial charge in [-0.1, -0.05) is 13.0 Å². The molecule has 1 aliphatic carbocycles. The van der Waals surface area contributed by atoms with E-state index in [0.29, 0.717) is 24.1 Å². The summed E-state index contributed by atoms with van der Waals surface area (Å²) in [7, 11) is 0. The van der Waals surface area contributed by atoms with Gasteiger partial charge in [0.25, 0.3) is 0 Å². The molecule has 0 aliphatic heterocycles. The quantitative estimate of drug-likeness (QED) is 0.240. The van der Waals surface area contributed by atoms with Crippen LogP contribution in [0.1, 0.15) is 38.4 Å². The van der Waals surface area contributed by atoms with Crippen molar-refractivity contribution in [1.82, 2.24) is 19.5 Å². The van der Waals surface area contributed by atoms with E-state index in [4.69, 9.17) is 9.47 Å². The van der Waals surface area contributed by atoms with Gasteiger partial charge in [0.15, 0.2) is 11.5 Å². The Hall–Kier alpha value is -2.92. The number of carbonyl (C=O) groups is 1. The largest absolute Gasteiger partial charge is 0.477 e. The predicted molar refractivity (Wildman–Crippen MR) is 144 cm³/mol. The molecule has 3 aromatic rings. The van der Waals surface area contributed by atoms with E-state index in [-0.39, 0.29) is 30.9 Å². The summed E-state index contributed by atoms with van der Waals surface area (Å²) in [5.74, 6) is 2.03. The number of aromatic nitrogens is 4. The molecule has 0 amide bonds. The molecular weight excluding hydrogens is 529 g/mol. The van der Waals surface area contributed by atoms with E-state index >= 15 is 0 Å². The molecule has 0 aromatic carbocycles. The number of Topliss-reactive ketones (excluding diaryl/α,β-unsaturated/α-hetero) is 1. The highest BCUT2D eigenvalue weighted by molar-refractivity contribution is 7.98. The van der Waals surface area contributed by atoms with Gasteiger partial charge in [-0.15, -0.1) is 0 Å². The SMILES string of the molecule is CSCCOCn1cc(C(F)(F)F)nc1-c1ccc(-c2cnc(OCC(C)(C)C(=O)C3CC3C)cc2C)cn1. The molecule has 11 heteroatoms. The van der Waals surface area contributed by atoms with Crippen LogP contribution in [-0.2, 0) is 22.4 Å². The van der Waals surface area contributed by atoms with Gasteiger partial charge in [0, 0.05) is 47.5 Å². The van der Waals surface area contributed by atoms with Crippen LogP contribution in [0.2, 0.25) is 0 Å². The molecule has 210 valence electrons. The zero-order valence-corrected chi connectivity index (χ0v) is 23.5. The molecule has 0 radical (unpaired) electrons. The molecule has 0 saturated heterocycles. The van der Waals surface area contributed by atoms with E-state index in [1.807, 2.05) is 27.0 Å². The third-order valence-corrected chi connectivity index (χ3v) is 7.39. The molecule has 2 unspecified atom stereocenters. The third kappa shape index (κ3) is 7.00. The van der Waals surface area contributed by atoms with Crippen LogP contribution in [0.3, 0.4) is 0 Å². The number of imidazole rings is 1. The molecule has 1 fully saturated rings. The first-order chi connectivity index (χ1) is 18.4. The Morgan fingerprint density at radius 3 is 2.54 bits per heavy atom. The van der Waals surface area contributed by atoms with Crippen molar-refractivity contribution in [3.05, 3.63) is 48.0 Å². The van der Waals surface area contributed by atoms with Gasteiger partial charge in [-0.05, 0) is 51.0 Å². The Morgan fingerprint density at radius 2 is 1.95 bits per heavy atom. The monoisotopic (exact) mass is 562 g/mol. The van der Waals surface area contributed by atoms with E-state index in [1.165, 1.54) is 4.57 Å². The van der Waals surface area contributed by atoms with Crippen LogP contribution in [0.4, 0.5) is 13.2 Å². The van der Waals surface area contributed by atoms with Crippen LogP contribution in [0.5, 0.6) is 5.88 Å². The number of ether oxygens (including phenoxy) is 2. The Kier molecular flexibility index (Phi) is 8.70. The summed E-state index contributed by atoms with van der Waals surface area (Å²) in [5.41, 5.74) is 1.15. The minimum absolute atomic E-state index is 0.0605. The van der Waals surface area contributed by atoms with E-state index in [2.05, 4.69) is 21.9 Å². The van der Waals surface area contributed by atoms with Crippen molar-refractivity contribution >= 4 is 17.5 Å². The lowest BCUT2D eigenvalue weighted by atomic mass is 9.86. The fourth-order valence-electron chi connectivity index (χ4n) is 4.27. The lowest BCUT2D eigenvalue weighted by Gasteiger charge is -2.23. The van der Waals surface area contributed by atoms with Gasteiger partial charge >= 0.3 is 6.18 Å². The number of aryl methyl sites for hydroxylation is 1. The van der Waals surface area contributed by atoms with Crippen LogP contribution >= 0.6 is 11.8 Å². The minimum Gasteiger partial charge on any atom is -0.477 e. The van der Waals surface area contributed by atoms with Crippen LogP contribution in [0, 0.1) is 24.2 Å². The Balaban J connectivity index is 1.48. The van der Waals surface area contributed by atoms with Gasteiger partial charge < -0.3 is 14.0 Å². The summed E-state index contributed by atoms with van der Waals surface area (Å²) in [6, 6.07) is 5.21. The van der Waals surface area contributed by atoms with E-state index in [9.17, 15) is 18.0 Å². The van der Waals surface area contributed by atoms with E-state index < -0.39 is 17.3 Å². The second kappa shape index (κ2) is 11.7. The molecule has 0 bridgehead atoms. The molecule has 0 N–H and O–H groups in total. The maximum absolute atomic E-state index is 13.3. The second-order valence-corrected chi connectivity index (χ2v) is 11.6. The average Bonchev–Trinajstić information content (AvgIpc) is 3.45. The number of halogens is 3. The number of ketones is 1. The van der Waals surface area contributed by atoms with Crippen molar-refractivity contribution in [2.75, 3.05) is 25.2 Å². The first-order valence-corrected chi connectivity index (χ1v) is 14.1. The highest BCUT2D eigenvalue weighted by atomic mass is 32.2. The number of thioether (sulfide) groups is 1. The standard InChI is InChI=1S/C28H33F3N4O3S/c1-17-10-20(17)25(36)27(3,4)15-38-24-11-18(2)21(13-33-24)19-6-7-22(32-12-19)26-34-23(28(29,30)31)14-35(26)16-37-8-9-39-5/h6-7,11-14,17,20H,8-10,15-16H2,1-5H3. The minimum atomic E-state index is -4.58. The molecule has 39 heavy (non-hydrogen) atoms. The summed E-state index contributed by atoms with van der Waals surface area (Å²) in [4.78, 5) is 25.3. The fraction of sp³-hybridized carbons (Fsp3) is 0.500. The predicted octanol–water partition coefficient (Wildman–Crippen LogP) is 6.30. The van der Waals surface area contributed by atoms with Crippen LogP contribution in [-0.4, -0.2) is 50.5 Å². The zero-order chi connectivity index (χ0) is 28.4. The van der Waals surface area contributed by atoms with Crippen molar-refractivity contribution < 1.29 is 27.4 Å². The van der Waals surface area contributed by atoms with Crippen LogP contribution in [0.15, 0.2) is 36.8 Å². The first-order valence-electron chi connectivity index (χ1n) is 12.7. The molecule has 1 saturated carbocycles. The fourth-order valence-corrected chi connectivity index (χ4v) is 4.56. The highest BCUT2D eigenvalue weighted by Crippen LogP contribution is 2.43. The third-order valence-electron chi connectivity index (χ3n) is 6.81. The Bertz CT molecular complexity index is 1310. The second-order valence-electron chi connectivity index (χ2n) is 10.6. The number of rotatable bonds is 12.